The summed E-state index contributed by atoms with van der Waals surface area (Å²) in [6.07, 6.45) is -2.42. The van der Waals surface area contributed by atoms with Crippen LogP contribution in [0.4, 0.5) is 13.2 Å². The predicted octanol–water partition coefficient (Wildman–Crippen LogP) is 1.57. The second-order valence-corrected chi connectivity index (χ2v) is 9.81. The Morgan fingerprint density at radius 1 is 1.14 bits per heavy atom. The van der Waals surface area contributed by atoms with E-state index in [0.717, 1.165) is 41.4 Å². The van der Waals surface area contributed by atoms with E-state index in [1.54, 1.807) is 5.32 Å². The Bertz CT molecular complexity index is 871. The first-order valence-corrected chi connectivity index (χ1v) is 11.5. The van der Waals surface area contributed by atoms with E-state index in [1.807, 2.05) is 0 Å². The number of sulfonamides is 1. The number of carbonyl (C=O) groups excluding carboxylic acids is 2. The van der Waals surface area contributed by atoms with Gasteiger partial charge in [-0.25, -0.2) is 8.42 Å². The first-order valence-electron chi connectivity index (χ1n) is 8.90. The summed E-state index contributed by atoms with van der Waals surface area (Å²) in [4.78, 5) is 24.0. The van der Waals surface area contributed by atoms with Gasteiger partial charge in [0.2, 0.25) is 15.9 Å². The lowest BCUT2D eigenvalue weighted by Gasteiger charge is -2.22. The second kappa shape index (κ2) is 8.52. The van der Waals surface area contributed by atoms with E-state index in [9.17, 15) is 31.2 Å². The van der Waals surface area contributed by atoms with Crippen LogP contribution in [0.15, 0.2) is 29.2 Å². The minimum absolute atomic E-state index is 0.0947. The molecule has 0 bridgehead atoms. The molecule has 1 aromatic rings. The van der Waals surface area contributed by atoms with Gasteiger partial charge in [-0.3, -0.25) is 9.59 Å². The summed E-state index contributed by atoms with van der Waals surface area (Å²) in [6, 6.07) is 3.77. The van der Waals surface area contributed by atoms with E-state index in [-0.39, 0.29) is 22.2 Å². The molecule has 1 aromatic carbocycles. The van der Waals surface area contributed by atoms with Gasteiger partial charge < -0.3 is 10.6 Å². The molecule has 7 nitrogen and oxygen atoms in total. The van der Waals surface area contributed by atoms with Crippen molar-refractivity contribution in [2.75, 3.05) is 24.7 Å². The van der Waals surface area contributed by atoms with Crippen LogP contribution in [0.5, 0.6) is 0 Å². The summed E-state index contributed by atoms with van der Waals surface area (Å²) >= 11 is 1.32. The summed E-state index contributed by atoms with van der Waals surface area (Å²) in [7, 11) is -3.99. The van der Waals surface area contributed by atoms with E-state index in [4.69, 9.17) is 0 Å². The predicted molar refractivity (Wildman–Crippen MR) is 101 cm³/mol. The molecule has 1 unspecified atom stereocenters. The molecule has 2 fully saturated rings. The van der Waals surface area contributed by atoms with Crippen molar-refractivity contribution >= 4 is 33.6 Å². The number of halogens is 3. The number of benzene rings is 1. The van der Waals surface area contributed by atoms with Crippen LogP contribution >= 0.6 is 11.8 Å². The lowest BCUT2D eigenvalue weighted by Crippen LogP contribution is -2.47. The van der Waals surface area contributed by atoms with Gasteiger partial charge in [-0.1, -0.05) is 0 Å². The van der Waals surface area contributed by atoms with Gasteiger partial charge >= 0.3 is 6.18 Å². The fourth-order valence-electron chi connectivity index (χ4n) is 2.75. The number of nitrogens with one attached hydrogen (secondary N) is 2. The smallest absolute Gasteiger partial charge is 0.354 e. The highest BCUT2D eigenvalue weighted by atomic mass is 32.2. The highest BCUT2D eigenvalue weighted by Gasteiger charge is 2.40. The molecule has 2 N–H and O–H groups in total. The molecule has 1 saturated carbocycles. The third kappa shape index (κ3) is 5.64. The number of carbonyl (C=O) groups is 2. The van der Waals surface area contributed by atoms with Crippen molar-refractivity contribution < 1.29 is 31.2 Å². The second-order valence-electron chi connectivity index (χ2n) is 6.92. The van der Waals surface area contributed by atoms with Crippen molar-refractivity contribution in [1.29, 1.82) is 0 Å². The van der Waals surface area contributed by atoms with E-state index in [1.165, 1.54) is 11.8 Å². The van der Waals surface area contributed by atoms with Gasteiger partial charge in [0.05, 0.1) is 10.8 Å². The fourth-order valence-corrected chi connectivity index (χ4v) is 5.90. The average molecular weight is 451 g/mol. The zero-order chi connectivity index (χ0) is 21.2. The number of nitrogens with zero attached hydrogens (tertiary/aromatic N) is 1. The van der Waals surface area contributed by atoms with E-state index >= 15 is 0 Å². The van der Waals surface area contributed by atoms with Crippen LogP contribution in [0.1, 0.15) is 23.2 Å². The summed E-state index contributed by atoms with van der Waals surface area (Å²) in [6.45, 7) is -0.940. The number of hydrogen-bond acceptors (Lipinski definition) is 5. The molecule has 0 spiro atoms. The molecule has 2 amide bonds. The lowest BCUT2D eigenvalue weighted by atomic mass is 10.2. The molecular formula is C17H20F3N3O4S2. The van der Waals surface area contributed by atoms with Gasteiger partial charge in [0, 0.05) is 17.9 Å². The number of amides is 2. The van der Waals surface area contributed by atoms with Crippen molar-refractivity contribution in [1.82, 2.24) is 14.9 Å². The maximum absolute atomic E-state index is 12.9. The van der Waals surface area contributed by atoms with Crippen molar-refractivity contribution in [2.24, 2.45) is 5.92 Å². The SMILES string of the molecule is O=C(NCC(F)(F)F)c1ccc(S(=O)(=O)N2CSCC2C(=O)NCC2CC2)cc1. The Kier molecular flexibility index (Phi) is 6.44. The molecule has 0 radical (unpaired) electrons. The minimum atomic E-state index is -4.54. The minimum Gasteiger partial charge on any atom is -0.354 e. The topological polar surface area (TPSA) is 95.6 Å². The Morgan fingerprint density at radius 2 is 1.79 bits per heavy atom. The van der Waals surface area contributed by atoms with E-state index < -0.39 is 34.7 Å². The van der Waals surface area contributed by atoms with Gasteiger partial charge in [-0.05, 0) is 43.0 Å². The molecule has 2 aliphatic rings. The molecule has 1 aliphatic heterocycles. The maximum Gasteiger partial charge on any atom is 0.405 e. The van der Waals surface area contributed by atoms with Crippen LogP contribution in [-0.2, 0) is 14.8 Å². The highest BCUT2D eigenvalue weighted by Crippen LogP contribution is 2.30. The first-order chi connectivity index (χ1) is 13.6. The monoisotopic (exact) mass is 451 g/mol. The molecule has 1 aliphatic carbocycles. The number of thioether (sulfide) groups is 1. The molecular weight excluding hydrogens is 431 g/mol. The third-order valence-electron chi connectivity index (χ3n) is 4.58. The number of alkyl halides is 3. The molecule has 160 valence electrons. The average Bonchev–Trinajstić information content (AvgIpc) is 3.36. The molecule has 3 rings (SSSR count). The summed E-state index contributed by atoms with van der Waals surface area (Å²) in [5.74, 6) is -0.367. The third-order valence-corrected chi connectivity index (χ3v) is 7.62. The summed E-state index contributed by atoms with van der Waals surface area (Å²) < 4.78 is 63.5. The largest absolute Gasteiger partial charge is 0.405 e. The standard InChI is InChI=1S/C17H20F3N3O4S2/c18-17(19,20)9-22-15(24)12-3-5-13(6-4-12)29(26,27)23-10-28-8-14(23)16(25)21-7-11-1-2-11/h3-6,11,14H,1-2,7-10H2,(H,21,25)(H,22,24). The van der Waals surface area contributed by atoms with Gasteiger partial charge in [0.15, 0.2) is 0 Å². The molecule has 29 heavy (non-hydrogen) atoms. The Morgan fingerprint density at radius 3 is 2.38 bits per heavy atom. The van der Waals surface area contributed by atoms with E-state index in [2.05, 4.69) is 5.32 Å². The summed E-state index contributed by atoms with van der Waals surface area (Å²) in [5.41, 5.74) is -0.0947. The van der Waals surface area contributed by atoms with Gasteiger partial charge in [0.25, 0.3) is 5.91 Å². The van der Waals surface area contributed by atoms with Crippen LogP contribution in [-0.4, -0.2) is 61.5 Å². The highest BCUT2D eigenvalue weighted by molar-refractivity contribution is 8.00. The first kappa shape index (κ1) is 21.9. The van der Waals surface area contributed by atoms with Gasteiger partial charge in [0.1, 0.15) is 12.6 Å². The van der Waals surface area contributed by atoms with Crippen molar-refractivity contribution in [3.63, 3.8) is 0 Å². The molecule has 1 saturated heterocycles. The van der Waals surface area contributed by atoms with Crippen molar-refractivity contribution in [3.8, 4) is 0 Å². The lowest BCUT2D eigenvalue weighted by molar-refractivity contribution is -0.124. The van der Waals surface area contributed by atoms with Crippen LogP contribution in [0, 0.1) is 5.92 Å². The van der Waals surface area contributed by atoms with Crippen LogP contribution in [0.2, 0.25) is 0 Å². The Hall–Kier alpha value is -1.79. The zero-order valence-electron chi connectivity index (χ0n) is 15.2. The van der Waals surface area contributed by atoms with Gasteiger partial charge in [-0.2, -0.15) is 17.5 Å². The Labute approximate surface area is 170 Å². The van der Waals surface area contributed by atoms with E-state index in [0.29, 0.717) is 18.2 Å². The molecule has 1 atom stereocenters. The maximum atomic E-state index is 12.9. The number of rotatable bonds is 7. The molecule has 0 aromatic heterocycles. The van der Waals surface area contributed by atoms with Crippen molar-refractivity contribution in [3.05, 3.63) is 29.8 Å². The van der Waals surface area contributed by atoms with Gasteiger partial charge in [-0.15, -0.1) is 11.8 Å². The van der Waals surface area contributed by atoms with Crippen LogP contribution < -0.4 is 10.6 Å². The van der Waals surface area contributed by atoms with Crippen molar-refractivity contribution in [2.45, 2.75) is 30.0 Å². The zero-order valence-corrected chi connectivity index (χ0v) is 16.9. The fraction of sp³-hybridized carbons (Fsp3) is 0.529. The Balaban J connectivity index is 1.67. The number of hydrogen-bond donors (Lipinski definition) is 2. The quantitative estimate of drug-likeness (QED) is 0.656. The van der Waals surface area contributed by atoms with Crippen LogP contribution in [0.3, 0.4) is 0 Å². The summed E-state index contributed by atoms with van der Waals surface area (Å²) in [5, 5.41) is 4.51. The molecule has 12 heteroatoms. The van der Waals surface area contributed by atoms with Crippen LogP contribution in [0.25, 0.3) is 0 Å². The normalized spacial score (nSPS) is 20.4. The molecule has 1 heterocycles.